The molecule has 0 aliphatic carbocycles. The van der Waals surface area contributed by atoms with Crippen LogP contribution in [0.3, 0.4) is 0 Å². The average molecular weight is 789 g/mol. The van der Waals surface area contributed by atoms with Crippen LogP contribution in [0, 0.1) is 0 Å². The molecular weight excluding hydrogens is 707 g/mol. The Bertz CT molecular complexity index is 957. The molecular formula is C43H81O10P. The first-order chi connectivity index (χ1) is 26.2. The van der Waals surface area contributed by atoms with Crippen molar-refractivity contribution in [3.8, 4) is 0 Å². The van der Waals surface area contributed by atoms with Crippen molar-refractivity contribution in [3.63, 3.8) is 0 Å². The minimum Gasteiger partial charge on any atom is -0.462 e. The van der Waals surface area contributed by atoms with E-state index in [9.17, 15) is 24.2 Å². The highest BCUT2D eigenvalue weighted by molar-refractivity contribution is 7.47. The first-order valence-electron chi connectivity index (χ1n) is 21.8. The summed E-state index contributed by atoms with van der Waals surface area (Å²) in [6, 6.07) is 0. The molecule has 0 fully saturated rings. The molecule has 3 N–H and O–H groups in total. The number of aliphatic hydroxyl groups excluding tert-OH is 2. The molecule has 0 spiro atoms. The molecule has 0 saturated carbocycles. The number of ether oxygens (including phenoxy) is 2. The van der Waals surface area contributed by atoms with E-state index in [1.54, 1.807) is 0 Å². The van der Waals surface area contributed by atoms with Crippen molar-refractivity contribution in [1.82, 2.24) is 0 Å². The molecule has 1 unspecified atom stereocenters. The lowest BCUT2D eigenvalue weighted by atomic mass is 10.1. The van der Waals surface area contributed by atoms with Crippen LogP contribution in [0.2, 0.25) is 0 Å². The van der Waals surface area contributed by atoms with Gasteiger partial charge in [-0.05, 0) is 64.2 Å². The minimum absolute atomic E-state index is 0.182. The summed E-state index contributed by atoms with van der Waals surface area (Å²) in [4.78, 5) is 34.9. The summed E-state index contributed by atoms with van der Waals surface area (Å²) >= 11 is 0. The predicted octanol–water partition coefficient (Wildman–Crippen LogP) is 11.4. The molecule has 0 aliphatic rings. The van der Waals surface area contributed by atoms with Crippen LogP contribution < -0.4 is 0 Å². The molecule has 3 atom stereocenters. The second-order valence-corrected chi connectivity index (χ2v) is 16.2. The first kappa shape index (κ1) is 52.5. The Morgan fingerprint density at radius 1 is 0.537 bits per heavy atom. The van der Waals surface area contributed by atoms with Gasteiger partial charge in [-0.15, -0.1) is 0 Å². The monoisotopic (exact) mass is 789 g/mol. The number of phosphoric ester groups is 1. The quantitative estimate of drug-likeness (QED) is 0.0236. The van der Waals surface area contributed by atoms with Crippen LogP contribution in [0.4, 0.5) is 0 Å². The molecule has 0 aromatic heterocycles. The van der Waals surface area contributed by atoms with Crippen LogP contribution in [0.1, 0.15) is 200 Å². The molecule has 0 aromatic carbocycles. The average Bonchev–Trinajstić information content (AvgIpc) is 3.16. The Hall–Kier alpha value is -1.55. The van der Waals surface area contributed by atoms with E-state index in [-0.39, 0.29) is 19.4 Å². The van der Waals surface area contributed by atoms with E-state index in [1.807, 2.05) is 0 Å². The molecule has 0 amide bonds. The number of allylic oxidation sites excluding steroid dienone is 4. The fourth-order valence-corrected chi connectivity index (χ4v) is 6.71. The number of carbonyl (C=O) groups excluding carboxylic acids is 2. The van der Waals surface area contributed by atoms with Crippen molar-refractivity contribution >= 4 is 19.8 Å². The van der Waals surface area contributed by atoms with Crippen molar-refractivity contribution in [2.75, 3.05) is 26.4 Å². The SMILES string of the molecule is CCCCC/C=C/CCCCCCCC(=O)OC[C@H](COP(=O)(O)OC[C@@H](O)CO)OC(=O)CCCCCCCCCCC/C=C/CCCCCCCC. The van der Waals surface area contributed by atoms with E-state index >= 15 is 0 Å². The van der Waals surface area contributed by atoms with Gasteiger partial charge in [-0.2, -0.15) is 0 Å². The van der Waals surface area contributed by atoms with Crippen LogP contribution in [0.25, 0.3) is 0 Å². The Balaban J connectivity index is 4.26. The number of hydrogen-bond acceptors (Lipinski definition) is 9. The molecule has 0 heterocycles. The van der Waals surface area contributed by atoms with Gasteiger partial charge in [0.05, 0.1) is 19.8 Å². The highest BCUT2D eigenvalue weighted by atomic mass is 31.2. The second kappa shape index (κ2) is 39.7. The third kappa shape index (κ3) is 38.7. The fraction of sp³-hybridized carbons (Fsp3) is 0.860. The van der Waals surface area contributed by atoms with Gasteiger partial charge in [-0.3, -0.25) is 18.6 Å². The van der Waals surface area contributed by atoms with Gasteiger partial charge in [0.1, 0.15) is 12.7 Å². The zero-order chi connectivity index (χ0) is 39.8. The van der Waals surface area contributed by atoms with Gasteiger partial charge in [0.15, 0.2) is 6.10 Å². The van der Waals surface area contributed by atoms with Crippen LogP contribution in [0.15, 0.2) is 24.3 Å². The highest BCUT2D eigenvalue weighted by Gasteiger charge is 2.27. The molecule has 54 heavy (non-hydrogen) atoms. The van der Waals surface area contributed by atoms with Gasteiger partial charge in [0, 0.05) is 12.8 Å². The number of unbranched alkanes of at least 4 members (excludes halogenated alkanes) is 23. The highest BCUT2D eigenvalue weighted by Crippen LogP contribution is 2.43. The molecule has 11 heteroatoms. The van der Waals surface area contributed by atoms with Crippen LogP contribution >= 0.6 is 7.82 Å². The van der Waals surface area contributed by atoms with E-state index in [1.165, 1.54) is 103 Å². The van der Waals surface area contributed by atoms with Crippen molar-refractivity contribution in [2.24, 2.45) is 0 Å². The van der Waals surface area contributed by atoms with Gasteiger partial charge in [-0.25, -0.2) is 4.57 Å². The van der Waals surface area contributed by atoms with Crippen molar-refractivity contribution in [2.45, 2.75) is 212 Å². The fourth-order valence-electron chi connectivity index (χ4n) is 5.92. The normalized spacial score (nSPS) is 14.1. The summed E-state index contributed by atoms with van der Waals surface area (Å²) in [7, 11) is -4.61. The Labute approximate surface area is 329 Å². The Kier molecular flexibility index (Phi) is 38.5. The standard InChI is InChI=1S/C43H81O10P/c1-3-5-7-9-11-13-15-17-18-19-20-21-22-23-25-27-29-31-33-35-43(47)53-41(39-52-54(48,49)51-37-40(45)36-44)38-50-42(46)34-32-30-28-26-24-16-14-12-10-8-6-4-2/h12,14,17-18,40-41,44-45H,3-11,13,15-16,19-39H2,1-2H3,(H,48,49)/b14-12+,18-17+/t40-,41+/m0/s1. The first-order valence-corrected chi connectivity index (χ1v) is 23.3. The van der Waals surface area contributed by atoms with E-state index in [0.29, 0.717) is 12.8 Å². The molecule has 0 rings (SSSR count). The third-order valence-electron chi connectivity index (χ3n) is 9.33. The third-order valence-corrected chi connectivity index (χ3v) is 10.3. The zero-order valence-electron chi connectivity index (χ0n) is 34.4. The van der Waals surface area contributed by atoms with Crippen LogP contribution in [-0.2, 0) is 32.7 Å². The van der Waals surface area contributed by atoms with E-state index < -0.39 is 51.8 Å². The molecule has 0 saturated heterocycles. The molecule has 0 aliphatic heterocycles. The van der Waals surface area contributed by atoms with Crippen molar-refractivity contribution in [1.29, 1.82) is 0 Å². The Morgan fingerprint density at radius 2 is 0.907 bits per heavy atom. The second-order valence-electron chi connectivity index (χ2n) is 14.7. The smallest absolute Gasteiger partial charge is 0.462 e. The minimum atomic E-state index is -4.61. The molecule has 0 bridgehead atoms. The number of phosphoric acid groups is 1. The molecule has 0 radical (unpaired) electrons. The number of hydrogen-bond donors (Lipinski definition) is 3. The lowest BCUT2D eigenvalue weighted by Gasteiger charge is -2.20. The summed E-state index contributed by atoms with van der Waals surface area (Å²) in [6.07, 6.45) is 38.6. The van der Waals surface area contributed by atoms with Gasteiger partial charge in [0.2, 0.25) is 0 Å². The van der Waals surface area contributed by atoms with Gasteiger partial charge in [0.25, 0.3) is 0 Å². The number of rotatable bonds is 41. The number of aliphatic hydroxyl groups is 2. The molecule has 10 nitrogen and oxygen atoms in total. The predicted molar refractivity (Wildman–Crippen MR) is 219 cm³/mol. The van der Waals surface area contributed by atoms with Gasteiger partial charge < -0.3 is 24.6 Å². The van der Waals surface area contributed by atoms with Crippen LogP contribution in [-0.4, -0.2) is 65.7 Å². The summed E-state index contributed by atoms with van der Waals surface area (Å²) in [5.74, 6) is -0.933. The van der Waals surface area contributed by atoms with Crippen LogP contribution in [0.5, 0.6) is 0 Å². The molecule has 318 valence electrons. The maximum atomic E-state index is 12.6. The maximum absolute atomic E-state index is 12.6. The summed E-state index contributed by atoms with van der Waals surface area (Å²) in [5, 5.41) is 18.3. The van der Waals surface area contributed by atoms with E-state index in [0.717, 1.165) is 57.8 Å². The maximum Gasteiger partial charge on any atom is 0.472 e. The van der Waals surface area contributed by atoms with Gasteiger partial charge >= 0.3 is 19.8 Å². The largest absolute Gasteiger partial charge is 0.472 e. The lowest BCUT2D eigenvalue weighted by Crippen LogP contribution is -2.29. The molecule has 0 aromatic rings. The van der Waals surface area contributed by atoms with E-state index in [4.69, 9.17) is 19.1 Å². The van der Waals surface area contributed by atoms with Crippen molar-refractivity contribution in [3.05, 3.63) is 24.3 Å². The summed E-state index contributed by atoms with van der Waals surface area (Å²) in [5.41, 5.74) is 0. The zero-order valence-corrected chi connectivity index (χ0v) is 35.3. The number of carbonyl (C=O) groups is 2. The summed E-state index contributed by atoms with van der Waals surface area (Å²) in [6.45, 7) is 2.35. The number of esters is 2. The van der Waals surface area contributed by atoms with E-state index in [2.05, 4.69) is 42.7 Å². The Morgan fingerprint density at radius 3 is 1.37 bits per heavy atom. The summed E-state index contributed by atoms with van der Waals surface area (Å²) < 4.78 is 32.7. The lowest BCUT2D eigenvalue weighted by molar-refractivity contribution is -0.161. The topological polar surface area (TPSA) is 149 Å². The van der Waals surface area contributed by atoms with Crippen molar-refractivity contribution < 1.29 is 47.8 Å². The van der Waals surface area contributed by atoms with Gasteiger partial charge in [-0.1, -0.05) is 147 Å².